The highest BCUT2D eigenvalue weighted by Gasteiger charge is 1.99. The lowest BCUT2D eigenvalue weighted by Gasteiger charge is -1.99. The third-order valence-corrected chi connectivity index (χ3v) is 1.49. The molecule has 0 bridgehead atoms. The van der Waals surface area contributed by atoms with E-state index in [9.17, 15) is 0 Å². The van der Waals surface area contributed by atoms with E-state index in [1.54, 1.807) is 25.1 Å². The summed E-state index contributed by atoms with van der Waals surface area (Å²) < 4.78 is 0. The van der Waals surface area contributed by atoms with Crippen LogP contribution in [0.15, 0.2) is 23.4 Å². The van der Waals surface area contributed by atoms with Gasteiger partial charge in [-0.15, -0.1) is 0 Å². The predicted molar refractivity (Wildman–Crippen MR) is 44.2 cm³/mol. The number of rotatable bonds is 2. The van der Waals surface area contributed by atoms with Crippen LogP contribution in [-0.4, -0.2) is 21.0 Å². The number of hydrogen-bond acceptors (Lipinski definition) is 4. The summed E-state index contributed by atoms with van der Waals surface area (Å²) in [4.78, 5) is 4.02. The number of aliphatic hydroxyl groups is 1. The second kappa shape index (κ2) is 3.82. The van der Waals surface area contributed by atoms with E-state index in [2.05, 4.69) is 10.1 Å². The van der Waals surface area contributed by atoms with Crippen LogP contribution in [0.2, 0.25) is 0 Å². The molecule has 0 saturated carbocycles. The normalized spacial score (nSPS) is 11.7. The molecule has 0 aliphatic carbocycles. The van der Waals surface area contributed by atoms with Gasteiger partial charge in [0.1, 0.15) is 5.71 Å². The minimum atomic E-state index is -0.105. The highest BCUT2D eigenvalue weighted by molar-refractivity contribution is 5.96. The topological polar surface area (TPSA) is 65.7 Å². The second-order valence-electron chi connectivity index (χ2n) is 2.36. The van der Waals surface area contributed by atoms with Crippen LogP contribution < -0.4 is 0 Å². The van der Waals surface area contributed by atoms with E-state index < -0.39 is 0 Å². The van der Waals surface area contributed by atoms with Crippen molar-refractivity contribution in [3.8, 4) is 0 Å². The first-order valence-corrected chi connectivity index (χ1v) is 3.53. The summed E-state index contributed by atoms with van der Waals surface area (Å²) in [7, 11) is 0. The molecule has 4 heteroatoms. The smallest absolute Gasteiger partial charge is 0.102 e. The van der Waals surface area contributed by atoms with Gasteiger partial charge in [0.2, 0.25) is 0 Å². The summed E-state index contributed by atoms with van der Waals surface area (Å²) in [6.07, 6.45) is 0. The summed E-state index contributed by atoms with van der Waals surface area (Å²) in [5.41, 5.74) is 1.57. The van der Waals surface area contributed by atoms with E-state index in [4.69, 9.17) is 10.3 Å². The molecule has 0 radical (unpaired) electrons. The average molecular weight is 166 g/mol. The molecule has 2 N–H and O–H groups in total. The predicted octanol–water partition coefficient (Wildman–Crippen LogP) is 0.772. The zero-order chi connectivity index (χ0) is 8.97. The van der Waals surface area contributed by atoms with Gasteiger partial charge >= 0.3 is 0 Å². The zero-order valence-corrected chi connectivity index (χ0v) is 6.73. The molecule has 1 rings (SSSR count). The average Bonchev–Trinajstić information content (AvgIpc) is 2.17. The van der Waals surface area contributed by atoms with Crippen molar-refractivity contribution in [2.24, 2.45) is 5.16 Å². The SMILES string of the molecule is C/C(=N\O)c1cccc(CO)n1. The summed E-state index contributed by atoms with van der Waals surface area (Å²) in [6.45, 7) is 1.54. The fraction of sp³-hybridized carbons (Fsp3) is 0.250. The maximum atomic E-state index is 8.75. The van der Waals surface area contributed by atoms with Gasteiger partial charge in [-0.1, -0.05) is 11.2 Å². The van der Waals surface area contributed by atoms with Crippen LogP contribution in [-0.2, 0) is 6.61 Å². The molecule has 0 fully saturated rings. The summed E-state index contributed by atoms with van der Waals surface area (Å²) in [6, 6.07) is 5.17. The lowest BCUT2D eigenvalue weighted by atomic mass is 10.2. The van der Waals surface area contributed by atoms with Gasteiger partial charge in [0, 0.05) is 0 Å². The summed E-state index contributed by atoms with van der Waals surface area (Å²) >= 11 is 0. The van der Waals surface area contributed by atoms with Crippen LogP contribution in [0.1, 0.15) is 18.3 Å². The Morgan fingerprint density at radius 3 is 2.92 bits per heavy atom. The first-order valence-electron chi connectivity index (χ1n) is 3.53. The van der Waals surface area contributed by atoms with E-state index >= 15 is 0 Å². The Morgan fingerprint density at radius 2 is 2.33 bits per heavy atom. The molecule has 0 amide bonds. The van der Waals surface area contributed by atoms with Crippen LogP contribution in [0, 0.1) is 0 Å². The minimum absolute atomic E-state index is 0.105. The van der Waals surface area contributed by atoms with Gasteiger partial charge in [0.15, 0.2) is 0 Å². The Labute approximate surface area is 70.2 Å². The molecule has 0 aliphatic rings. The first-order chi connectivity index (χ1) is 5.77. The van der Waals surface area contributed by atoms with E-state index in [0.717, 1.165) is 0 Å². The highest BCUT2D eigenvalue weighted by atomic mass is 16.4. The van der Waals surface area contributed by atoms with Gasteiger partial charge in [-0.3, -0.25) is 0 Å². The van der Waals surface area contributed by atoms with Crippen molar-refractivity contribution in [2.45, 2.75) is 13.5 Å². The van der Waals surface area contributed by atoms with Gasteiger partial charge in [0.25, 0.3) is 0 Å². The Balaban J connectivity index is 3.02. The molecule has 12 heavy (non-hydrogen) atoms. The number of oxime groups is 1. The molecule has 0 atom stereocenters. The summed E-state index contributed by atoms with van der Waals surface area (Å²) in [5, 5.41) is 20.2. The van der Waals surface area contributed by atoms with Gasteiger partial charge < -0.3 is 10.3 Å². The second-order valence-corrected chi connectivity index (χ2v) is 2.36. The van der Waals surface area contributed by atoms with E-state index in [0.29, 0.717) is 17.1 Å². The molecule has 64 valence electrons. The molecule has 1 heterocycles. The molecular formula is C8H10N2O2. The Kier molecular flexibility index (Phi) is 2.76. The number of pyridine rings is 1. The van der Waals surface area contributed by atoms with Crippen molar-refractivity contribution in [1.82, 2.24) is 4.98 Å². The zero-order valence-electron chi connectivity index (χ0n) is 6.73. The molecule has 0 aromatic carbocycles. The lowest BCUT2D eigenvalue weighted by Crippen LogP contribution is -2.00. The Bertz CT molecular complexity index is 297. The van der Waals surface area contributed by atoms with Crippen LogP contribution in [0.5, 0.6) is 0 Å². The van der Waals surface area contributed by atoms with Crippen molar-refractivity contribution in [2.75, 3.05) is 0 Å². The standard InChI is InChI=1S/C8H10N2O2/c1-6(10-12)8-4-2-3-7(5-11)9-8/h2-4,11-12H,5H2,1H3/b10-6+. The summed E-state index contributed by atoms with van der Waals surface area (Å²) in [5.74, 6) is 0. The molecule has 0 aliphatic heterocycles. The number of nitrogens with zero attached hydrogens (tertiary/aromatic N) is 2. The third-order valence-electron chi connectivity index (χ3n) is 1.49. The van der Waals surface area contributed by atoms with Crippen LogP contribution in [0.25, 0.3) is 0 Å². The van der Waals surface area contributed by atoms with Crippen molar-refractivity contribution < 1.29 is 10.3 Å². The maximum absolute atomic E-state index is 8.75. The number of aliphatic hydroxyl groups excluding tert-OH is 1. The van der Waals surface area contributed by atoms with Crippen molar-refractivity contribution in [3.63, 3.8) is 0 Å². The fourth-order valence-corrected chi connectivity index (χ4v) is 0.820. The third kappa shape index (κ3) is 1.79. The quantitative estimate of drug-likeness (QED) is 0.387. The molecular weight excluding hydrogens is 156 g/mol. The molecule has 0 spiro atoms. The number of aromatic nitrogens is 1. The van der Waals surface area contributed by atoms with Crippen LogP contribution >= 0.6 is 0 Å². The molecule has 4 nitrogen and oxygen atoms in total. The first kappa shape index (κ1) is 8.67. The highest BCUT2D eigenvalue weighted by Crippen LogP contribution is 2.00. The molecule has 0 unspecified atom stereocenters. The number of hydrogen-bond donors (Lipinski definition) is 2. The minimum Gasteiger partial charge on any atom is -0.411 e. The van der Waals surface area contributed by atoms with Gasteiger partial charge in [-0.25, -0.2) is 4.98 Å². The van der Waals surface area contributed by atoms with Crippen molar-refractivity contribution in [3.05, 3.63) is 29.6 Å². The Hall–Kier alpha value is -1.42. The van der Waals surface area contributed by atoms with Gasteiger partial charge in [0.05, 0.1) is 18.0 Å². The lowest BCUT2D eigenvalue weighted by molar-refractivity contribution is 0.276. The van der Waals surface area contributed by atoms with Crippen molar-refractivity contribution in [1.29, 1.82) is 0 Å². The van der Waals surface area contributed by atoms with E-state index in [1.165, 1.54) is 0 Å². The Morgan fingerprint density at radius 1 is 1.58 bits per heavy atom. The van der Waals surface area contributed by atoms with Gasteiger partial charge in [-0.2, -0.15) is 0 Å². The molecule has 1 aromatic rings. The fourth-order valence-electron chi connectivity index (χ4n) is 0.820. The van der Waals surface area contributed by atoms with Crippen molar-refractivity contribution >= 4 is 5.71 Å². The van der Waals surface area contributed by atoms with Gasteiger partial charge in [-0.05, 0) is 19.1 Å². The maximum Gasteiger partial charge on any atom is 0.102 e. The molecule has 1 aromatic heterocycles. The van der Waals surface area contributed by atoms with Crippen LogP contribution in [0.3, 0.4) is 0 Å². The largest absolute Gasteiger partial charge is 0.411 e. The van der Waals surface area contributed by atoms with E-state index in [1.807, 2.05) is 0 Å². The van der Waals surface area contributed by atoms with E-state index in [-0.39, 0.29) is 6.61 Å². The molecule has 0 saturated heterocycles. The monoisotopic (exact) mass is 166 g/mol. The van der Waals surface area contributed by atoms with Crippen LogP contribution in [0.4, 0.5) is 0 Å².